The van der Waals surface area contributed by atoms with Crippen LogP contribution in [0.2, 0.25) is 0 Å². The third-order valence-corrected chi connectivity index (χ3v) is 7.86. The third-order valence-electron chi connectivity index (χ3n) is 7.21. The van der Waals surface area contributed by atoms with Crippen molar-refractivity contribution in [2.45, 2.75) is 57.4 Å². The number of aromatic amines is 1. The standard InChI is InChI=1S/C28H29BrN4O2/c1-17-14-30-28(35)24(18(17)2)15-31-27(34)23-11-21(20-7-5-6-19(10-20)13-29)12-26-25(23)16-32-33(26)22-8-3-4-9-22/h5-7,10-12,14,16,22H,3-4,8-9,13,15H2,1-2H3,(H,30,35)(H,31,34). The second kappa shape index (κ2) is 9.82. The van der Waals surface area contributed by atoms with Crippen molar-refractivity contribution in [3.05, 3.63) is 87.0 Å². The first-order valence-electron chi connectivity index (χ1n) is 12.1. The molecule has 0 bridgehead atoms. The molecular weight excluding hydrogens is 504 g/mol. The number of halogens is 1. The van der Waals surface area contributed by atoms with Crippen LogP contribution in [-0.4, -0.2) is 20.7 Å². The summed E-state index contributed by atoms with van der Waals surface area (Å²) >= 11 is 3.54. The van der Waals surface area contributed by atoms with E-state index in [0.29, 0.717) is 17.2 Å². The summed E-state index contributed by atoms with van der Waals surface area (Å²) in [6.07, 6.45) is 8.14. The van der Waals surface area contributed by atoms with Crippen LogP contribution in [0.3, 0.4) is 0 Å². The minimum atomic E-state index is -0.209. The van der Waals surface area contributed by atoms with Crippen LogP contribution in [0.1, 0.15) is 64.3 Å². The number of rotatable bonds is 6. The van der Waals surface area contributed by atoms with E-state index < -0.39 is 0 Å². The molecule has 0 aliphatic heterocycles. The Bertz CT molecular complexity index is 1460. The molecule has 0 spiro atoms. The van der Waals surface area contributed by atoms with E-state index >= 15 is 0 Å². The Kier molecular flexibility index (Phi) is 6.60. The molecule has 0 saturated heterocycles. The van der Waals surface area contributed by atoms with Crippen LogP contribution < -0.4 is 10.9 Å². The van der Waals surface area contributed by atoms with E-state index in [-0.39, 0.29) is 18.0 Å². The van der Waals surface area contributed by atoms with E-state index in [9.17, 15) is 9.59 Å². The van der Waals surface area contributed by atoms with Crippen LogP contribution in [-0.2, 0) is 11.9 Å². The molecule has 7 heteroatoms. The molecule has 35 heavy (non-hydrogen) atoms. The summed E-state index contributed by atoms with van der Waals surface area (Å²) < 4.78 is 2.10. The molecular formula is C28H29BrN4O2. The first-order chi connectivity index (χ1) is 17.0. The molecule has 1 saturated carbocycles. The van der Waals surface area contributed by atoms with Crippen molar-refractivity contribution >= 4 is 32.7 Å². The number of aryl methyl sites for hydroxylation is 1. The molecule has 180 valence electrons. The van der Waals surface area contributed by atoms with Crippen molar-refractivity contribution in [1.82, 2.24) is 20.1 Å². The van der Waals surface area contributed by atoms with E-state index in [2.05, 4.69) is 55.2 Å². The smallest absolute Gasteiger partial charge is 0.253 e. The number of alkyl halides is 1. The monoisotopic (exact) mass is 532 g/mol. The highest BCUT2D eigenvalue weighted by atomic mass is 79.9. The summed E-state index contributed by atoms with van der Waals surface area (Å²) in [5.74, 6) is -0.209. The number of fused-ring (bicyclic) bond motifs is 1. The largest absolute Gasteiger partial charge is 0.348 e. The van der Waals surface area contributed by atoms with Gasteiger partial charge in [0, 0.05) is 29.0 Å². The number of H-pyrrole nitrogens is 1. The third kappa shape index (κ3) is 4.57. The molecule has 0 atom stereocenters. The number of pyridine rings is 1. The molecule has 0 unspecified atom stereocenters. The summed E-state index contributed by atoms with van der Waals surface area (Å²) in [6.45, 7) is 4.03. The highest BCUT2D eigenvalue weighted by molar-refractivity contribution is 9.08. The highest BCUT2D eigenvalue weighted by Gasteiger charge is 2.23. The van der Waals surface area contributed by atoms with E-state index in [1.807, 2.05) is 32.2 Å². The molecule has 2 heterocycles. The van der Waals surface area contributed by atoms with Gasteiger partial charge in [-0.05, 0) is 66.6 Å². The van der Waals surface area contributed by atoms with Crippen molar-refractivity contribution in [3.8, 4) is 11.1 Å². The summed E-state index contributed by atoms with van der Waals surface area (Å²) in [5.41, 5.74) is 7.06. The van der Waals surface area contributed by atoms with Gasteiger partial charge in [0.05, 0.1) is 23.3 Å². The molecule has 0 radical (unpaired) electrons. The Morgan fingerprint density at radius 2 is 1.97 bits per heavy atom. The second-order valence-corrected chi connectivity index (χ2v) is 9.97. The van der Waals surface area contributed by atoms with E-state index in [0.717, 1.165) is 51.3 Å². The predicted octanol–water partition coefficient (Wildman–Crippen LogP) is 5.95. The fourth-order valence-corrected chi connectivity index (χ4v) is 5.38. The molecule has 4 aromatic rings. The number of aromatic nitrogens is 3. The van der Waals surface area contributed by atoms with Gasteiger partial charge in [0.2, 0.25) is 0 Å². The Balaban J connectivity index is 1.57. The van der Waals surface area contributed by atoms with Crippen LogP contribution in [0.25, 0.3) is 22.0 Å². The second-order valence-electron chi connectivity index (χ2n) is 9.41. The van der Waals surface area contributed by atoms with Gasteiger partial charge in [-0.2, -0.15) is 5.10 Å². The minimum Gasteiger partial charge on any atom is -0.348 e. The van der Waals surface area contributed by atoms with Gasteiger partial charge in [-0.3, -0.25) is 14.3 Å². The number of nitrogens with one attached hydrogen (secondary N) is 2. The van der Waals surface area contributed by atoms with Crippen molar-refractivity contribution in [2.75, 3.05) is 0 Å². The lowest BCUT2D eigenvalue weighted by molar-refractivity contribution is 0.0952. The fourth-order valence-electron chi connectivity index (χ4n) is 5.03. The minimum absolute atomic E-state index is 0.170. The Labute approximate surface area is 212 Å². The van der Waals surface area contributed by atoms with Gasteiger partial charge >= 0.3 is 0 Å². The van der Waals surface area contributed by atoms with Gasteiger partial charge in [-0.25, -0.2) is 0 Å². The number of amides is 1. The first-order valence-corrected chi connectivity index (χ1v) is 13.2. The topological polar surface area (TPSA) is 79.8 Å². The van der Waals surface area contributed by atoms with Crippen molar-refractivity contribution in [2.24, 2.45) is 0 Å². The average molecular weight is 533 g/mol. The van der Waals surface area contributed by atoms with Gasteiger partial charge < -0.3 is 10.3 Å². The van der Waals surface area contributed by atoms with Gasteiger partial charge in [-0.15, -0.1) is 0 Å². The Hall–Kier alpha value is -3.19. The maximum absolute atomic E-state index is 13.5. The van der Waals surface area contributed by atoms with Crippen molar-refractivity contribution in [1.29, 1.82) is 0 Å². The van der Waals surface area contributed by atoms with Gasteiger partial charge in [-0.1, -0.05) is 53.0 Å². The molecule has 1 fully saturated rings. The zero-order valence-electron chi connectivity index (χ0n) is 20.0. The molecule has 2 N–H and O–H groups in total. The lowest BCUT2D eigenvalue weighted by Gasteiger charge is -2.14. The molecule has 1 amide bonds. The Morgan fingerprint density at radius 3 is 2.74 bits per heavy atom. The molecule has 2 aromatic heterocycles. The number of hydrogen-bond donors (Lipinski definition) is 2. The van der Waals surface area contributed by atoms with Gasteiger partial charge in [0.25, 0.3) is 11.5 Å². The predicted molar refractivity (Wildman–Crippen MR) is 143 cm³/mol. The molecule has 6 nitrogen and oxygen atoms in total. The number of nitrogens with zero attached hydrogens (tertiary/aromatic N) is 2. The van der Waals surface area contributed by atoms with E-state index in [4.69, 9.17) is 5.10 Å². The molecule has 5 rings (SSSR count). The Morgan fingerprint density at radius 1 is 1.17 bits per heavy atom. The lowest BCUT2D eigenvalue weighted by Crippen LogP contribution is -2.28. The lowest BCUT2D eigenvalue weighted by atomic mass is 9.98. The number of benzene rings is 2. The number of carbonyl (C=O) groups excluding carboxylic acids is 1. The summed E-state index contributed by atoms with van der Waals surface area (Å²) in [6, 6.07) is 12.8. The van der Waals surface area contributed by atoms with Crippen molar-refractivity contribution < 1.29 is 4.79 Å². The van der Waals surface area contributed by atoms with Crippen molar-refractivity contribution in [3.63, 3.8) is 0 Å². The molecule has 2 aromatic carbocycles. The molecule has 1 aliphatic carbocycles. The summed E-state index contributed by atoms with van der Waals surface area (Å²) in [5, 5.41) is 9.32. The van der Waals surface area contributed by atoms with Gasteiger partial charge in [0.1, 0.15) is 0 Å². The summed E-state index contributed by atoms with van der Waals surface area (Å²) in [7, 11) is 0. The van der Waals surface area contributed by atoms with E-state index in [1.165, 1.54) is 18.4 Å². The summed E-state index contributed by atoms with van der Waals surface area (Å²) in [4.78, 5) is 28.6. The SMILES string of the molecule is Cc1c[nH]c(=O)c(CNC(=O)c2cc(-c3cccc(CBr)c3)cc3c2cnn3C2CCCC2)c1C. The average Bonchev–Trinajstić information content (AvgIpc) is 3.55. The van der Waals surface area contributed by atoms with Crippen LogP contribution >= 0.6 is 15.9 Å². The fraction of sp³-hybridized carbons (Fsp3) is 0.321. The van der Waals surface area contributed by atoms with Gasteiger partial charge in [0.15, 0.2) is 0 Å². The zero-order valence-corrected chi connectivity index (χ0v) is 21.6. The highest BCUT2D eigenvalue weighted by Crippen LogP contribution is 2.35. The maximum Gasteiger partial charge on any atom is 0.253 e. The van der Waals surface area contributed by atoms with Crippen LogP contribution in [0, 0.1) is 13.8 Å². The maximum atomic E-state index is 13.5. The van der Waals surface area contributed by atoms with Crippen LogP contribution in [0.4, 0.5) is 0 Å². The number of hydrogen-bond acceptors (Lipinski definition) is 3. The normalized spacial score (nSPS) is 14.0. The van der Waals surface area contributed by atoms with Crippen LogP contribution in [0.5, 0.6) is 0 Å². The number of carbonyl (C=O) groups is 1. The van der Waals surface area contributed by atoms with Crippen LogP contribution in [0.15, 0.2) is 53.6 Å². The first kappa shape index (κ1) is 23.5. The zero-order chi connectivity index (χ0) is 24.5. The molecule has 1 aliphatic rings. The quantitative estimate of drug-likeness (QED) is 0.301. The van der Waals surface area contributed by atoms with E-state index in [1.54, 1.807) is 6.20 Å².